The molecule has 0 spiro atoms. The van der Waals surface area contributed by atoms with Gasteiger partial charge in [-0.25, -0.2) is 4.79 Å². The zero-order valence-electron chi connectivity index (χ0n) is 19.1. The van der Waals surface area contributed by atoms with Crippen molar-refractivity contribution in [3.05, 3.63) is 128 Å². The zero-order valence-corrected chi connectivity index (χ0v) is 19.1. The van der Waals surface area contributed by atoms with Gasteiger partial charge in [0, 0.05) is 6.54 Å². The van der Waals surface area contributed by atoms with E-state index in [1.165, 1.54) is 12.1 Å². The molecule has 1 aromatic heterocycles. The number of carbonyl (C=O) groups excluding carboxylic acids is 1. The molecular weight excluding hydrogens is 473 g/mol. The third-order valence-electron chi connectivity index (χ3n) is 5.41. The number of hydrogen-bond acceptors (Lipinski definition) is 4. The van der Waals surface area contributed by atoms with Crippen LogP contribution in [0.25, 0.3) is 5.69 Å². The lowest BCUT2D eigenvalue weighted by Crippen LogP contribution is -2.46. The fourth-order valence-corrected chi connectivity index (χ4v) is 3.61. The number of carbonyl (C=O) groups is 1. The van der Waals surface area contributed by atoms with Crippen LogP contribution in [0, 0.1) is 6.92 Å². The highest BCUT2D eigenvalue weighted by atomic mass is 19.4. The molecule has 7 nitrogen and oxygen atoms in total. The largest absolute Gasteiger partial charge is 0.416 e. The van der Waals surface area contributed by atoms with Crippen molar-refractivity contribution < 1.29 is 18.0 Å². The predicted molar refractivity (Wildman–Crippen MR) is 127 cm³/mol. The number of rotatable bonds is 6. The number of nitrogens with one attached hydrogen (secondary N) is 1. The summed E-state index contributed by atoms with van der Waals surface area (Å²) in [7, 11) is 0. The smallest absolute Gasteiger partial charge is 0.346 e. The number of hydrogen-bond donors (Lipinski definition) is 1. The molecular formula is C26H21F3N4O3. The molecule has 4 rings (SSSR count). The first-order valence-electron chi connectivity index (χ1n) is 10.9. The standard InChI is InChI=1S/C26H21F3N4O3/c1-17-7-5-12-21(13-17)33-25(36)32(16-19-10-6-11-20(14-19)26(27,28)29)24(35)22(31-33)23(34)30-15-18-8-3-2-4-9-18/h2-14H,15-16H2,1H3,(H,30,34). The maximum absolute atomic E-state index is 13.3. The summed E-state index contributed by atoms with van der Waals surface area (Å²) in [6.45, 7) is 1.42. The monoisotopic (exact) mass is 494 g/mol. The lowest BCUT2D eigenvalue weighted by molar-refractivity contribution is -0.137. The topological polar surface area (TPSA) is 86.0 Å². The quantitative estimate of drug-likeness (QED) is 0.443. The minimum Gasteiger partial charge on any atom is -0.346 e. The second-order valence-corrected chi connectivity index (χ2v) is 8.14. The fraction of sp³-hybridized carbons (Fsp3) is 0.154. The normalized spacial score (nSPS) is 11.3. The van der Waals surface area contributed by atoms with E-state index in [0.717, 1.165) is 27.9 Å². The Balaban J connectivity index is 1.80. The average molecular weight is 494 g/mol. The number of amides is 1. The van der Waals surface area contributed by atoms with Gasteiger partial charge in [0.15, 0.2) is 0 Å². The van der Waals surface area contributed by atoms with Crippen molar-refractivity contribution in [1.29, 1.82) is 0 Å². The number of aromatic nitrogens is 3. The van der Waals surface area contributed by atoms with Crippen molar-refractivity contribution in [3.63, 3.8) is 0 Å². The van der Waals surface area contributed by atoms with Crippen LogP contribution in [0.15, 0.2) is 88.5 Å². The Morgan fingerprint density at radius 2 is 1.61 bits per heavy atom. The Morgan fingerprint density at radius 1 is 0.917 bits per heavy atom. The van der Waals surface area contributed by atoms with Crippen LogP contribution in [0.3, 0.4) is 0 Å². The summed E-state index contributed by atoms with van der Waals surface area (Å²) in [6, 6.07) is 20.0. The van der Waals surface area contributed by atoms with Gasteiger partial charge in [-0.2, -0.15) is 23.0 Å². The Bertz CT molecular complexity index is 1530. The van der Waals surface area contributed by atoms with Gasteiger partial charge < -0.3 is 5.32 Å². The summed E-state index contributed by atoms with van der Waals surface area (Å²) in [4.78, 5) is 39.4. The Kier molecular flexibility index (Phi) is 6.86. The molecule has 0 saturated heterocycles. The first-order valence-corrected chi connectivity index (χ1v) is 10.9. The SMILES string of the molecule is Cc1cccc(-n2nc(C(=O)NCc3ccccc3)c(=O)n(Cc3cccc(C(F)(F)F)c3)c2=O)c1. The average Bonchev–Trinajstić information content (AvgIpc) is 2.85. The van der Waals surface area contributed by atoms with Gasteiger partial charge in [-0.3, -0.25) is 14.2 Å². The van der Waals surface area contributed by atoms with E-state index in [2.05, 4.69) is 10.4 Å². The van der Waals surface area contributed by atoms with E-state index in [0.29, 0.717) is 10.3 Å². The zero-order chi connectivity index (χ0) is 25.9. The Labute approximate surface area is 203 Å². The molecule has 1 amide bonds. The van der Waals surface area contributed by atoms with Gasteiger partial charge in [0.2, 0.25) is 5.69 Å². The van der Waals surface area contributed by atoms with Crippen molar-refractivity contribution in [1.82, 2.24) is 19.7 Å². The highest BCUT2D eigenvalue weighted by Crippen LogP contribution is 2.29. The summed E-state index contributed by atoms with van der Waals surface area (Å²) in [5, 5.41) is 6.64. The number of benzene rings is 3. The van der Waals surface area contributed by atoms with Crippen molar-refractivity contribution in [3.8, 4) is 5.69 Å². The first-order chi connectivity index (χ1) is 17.1. The lowest BCUT2D eigenvalue weighted by atomic mass is 10.1. The molecule has 0 aliphatic carbocycles. The number of alkyl halides is 3. The molecule has 0 aliphatic rings. The molecule has 0 bridgehead atoms. The van der Waals surface area contributed by atoms with Gasteiger partial charge in [-0.1, -0.05) is 54.6 Å². The van der Waals surface area contributed by atoms with Crippen molar-refractivity contribution >= 4 is 5.91 Å². The molecule has 0 saturated carbocycles. The summed E-state index contributed by atoms with van der Waals surface area (Å²) >= 11 is 0. The second-order valence-electron chi connectivity index (χ2n) is 8.14. The van der Waals surface area contributed by atoms with Crippen LogP contribution >= 0.6 is 0 Å². The molecule has 1 N–H and O–H groups in total. The third-order valence-corrected chi connectivity index (χ3v) is 5.41. The van der Waals surface area contributed by atoms with Gasteiger partial charge in [0.05, 0.1) is 17.8 Å². The van der Waals surface area contributed by atoms with Gasteiger partial charge in [0.25, 0.3) is 11.5 Å². The van der Waals surface area contributed by atoms with Crippen molar-refractivity contribution in [2.75, 3.05) is 0 Å². The van der Waals surface area contributed by atoms with E-state index in [-0.39, 0.29) is 12.1 Å². The molecule has 0 radical (unpaired) electrons. The Hall–Kier alpha value is -4.47. The Morgan fingerprint density at radius 3 is 2.31 bits per heavy atom. The van der Waals surface area contributed by atoms with Crippen LogP contribution in [0.4, 0.5) is 13.2 Å². The van der Waals surface area contributed by atoms with Gasteiger partial charge in [-0.05, 0) is 47.9 Å². The van der Waals surface area contributed by atoms with E-state index in [1.807, 2.05) is 6.07 Å². The summed E-state index contributed by atoms with van der Waals surface area (Å²) in [6.07, 6.45) is -4.59. The molecule has 0 aliphatic heterocycles. The van der Waals surface area contributed by atoms with Crippen LogP contribution < -0.4 is 16.6 Å². The summed E-state index contributed by atoms with van der Waals surface area (Å²) in [5.74, 6) is -0.817. The van der Waals surface area contributed by atoms with E-state index in [1.54, 1.807) is 55.5 Å². The minimum atomic E-state index is -4.59. The number of nitrogens with zero attached hydrogens (tertiary/aromatic N) is 3. The van der Waals surface area contributed by atoms with E-state index in [4.69, 9.17) is 0 Å². The molecule has 0 fully saturated rings. The van der Waals surface area contributed by atoms with Crippen LogP contribution in [0.1, 0.15) is 32.7 Å². The van der Waals surface area contributed by atoms with Gasteiger partial charge >= 0.3 is 11.9 Å². The maximum atomic E-state index is 13.3. The predicted octanol–water partition coefficient (Wildman–Crippen LogP) is 3.70. The highest BCUT2D eigenvalue weighted by molar-refractivity contribution is 5.91. The molecule has 1 heterocycles. The molecule has 4 aromatic rings. The first kappa shape index (κ1) is 24.6. The highest BCUT2D eigenvalue weighted by Gasteiger charge is 2.30. The molecule has 3 aromatic carbocycles. The van der Waals surface area contributed by atoms with E-state index >= 15 is 0 Å². The van der Waals surface area contributed by atoms with Crippen LogP contribution in [0.5, 0.6) is 0 Å². The minimum absolute atomic E-state index is 0.0710. The second kappa shape index (κ2) is 10.0. The maximum Gasteiger partial charge on any atom is 0.416 e. The lowest BCUT2D eigenvalue weighted by Gasteiger charge is -2.14. The van der Waals surface area contributed by atoms with Gasteiger partial charge in [0.1, 0.15) is 0 Å². The van der Waals surface area contributed by atoms with Crippen LogP contribution in [-0.2, 0) is 19.3 Å². The van der Waals surface area contributed by atoms with Crippen molar-refractivity contribution in [2.45, 2.75) is 26.2 Å². The van der Waals surface area contributed by atoms with Crippen LogP contribution in [-0.4, -0.2) is 20.3 Å². The fourth-order valence-electron chi connectivity index (χ4n) is 3.61. The number of halogens is 3. The van der Waals surface area contributed by atoms with E-state index in [9.17, 15) is 27.6 Å². The van der Waals surface area contributed by atoms with Crippen LogP contribution in [0.2, 0.25) is 0 Å². The summed E-state index contributed by atoms with van der Waals surface area (Å²) in [5.41, 5.74) is -1.42. The molecule has 184 valence electrons. The molecule has 0 atom stereocenters. The molecule has 10 heteroatoms. The summed E-state index contributed by atoms with van der Waals surface area (Å²) < 4.78 is 41.2. The third kappa shape index (κ3) is 5.43. The van der Waals surface area contributed by atoms with Crippen molar-refractivity contribution in [2.24, 2.45) is 0 Å². The van der Waals surface area contributed by atoms with E-state index < -0.39 is 41.1 Å². The molecule has 0 unspecified atom stereocenters. The molecule has 36 heavy (non-hydrogen) atoms. The van der Waals surface area contributed by atoms with Gasteiger partial charge in [-0.15, -0.1) is 0 Å². The number of aryl methyl sites for hydroxylation is 1.